The summed E-state index contributed by atoms with van der Waals surface area (Å²) in [6.45, 7) is 4.63. The number of rotatable bonds is 4. The predicted octanol–water partition coefficient (Wildman–Crippen LogP) is 4.28. The van der Waals surface area contributed by atoms with Crippen molar-refractivity contribution >= 4 is 22.9 Å². The first-order valence-electron chi connectivity index (χ1n) is 6.09. The van der Waals surface area contributed by atoms with Crippen LogP contribution in [-0.2, 0) is 0 Å². The van der Waals surface area contributed by atoms with Gasteiger partial charge in [-0.1, -0.05) is 25.4 Å². The number of thiophene rings is 1. The molecule has 0 radical (unpaired) electrons. The van der Waals surface area contributed by atoms with E-state index in [0.717, 1.165) is 4.34 Å². The summed E-state index contributed by atoms with van der Waals surface area (Å²) < 4.78 is 0.920. The average molecular weight is 258 g/mol. The summed E-state index contributed by atoms with van der Waals surface area (Å²) in [6.07, 6.45) is 3.74. The van der Waals surface area contributed by atoms with Gasteiger partial charge in [0.1, 0.15) is 0 Å². The van der Waals surface area contributed by atoms with E-state index in [1.165, 1.54) is 24.8 Å². The van der Waals surface area contributed by atoms with E-state index < -0.39 is 0 Å². The van der Waals surface area contributed by atoms with Gasteiger partial charge in [-0.2, -0.15) is 0 Å². The Hall–Kier alpha value is -0.0500. The minimum absolute atomic E-state index is 0.444. The second kappa shape index (κ2) is 4.67. The Bertz CT molecular complexity index is 357. The van der Waals surface area contributed by atoms with Gasteiger partial charge in [0.15, 0.2) is 0 Å². The van der Waals surface area contributed by atoms with Gasteiger partial charge in [-0.3, -0.25) is 0 Å². The maximum Gasteiger partial charge on any atom is 0.0931 e. The van der Waals surface area contributed by atoms with Crippen LogP contribution in [0.25, 0.3) is 0 Å². The monoisotopic (exact) mass is 257 g/mol. The predicted molar refractivity (Wildman–Crippen MR) is 72.5 cm³/mol. The molecule has 1 heterocycles. The average Bonchev–Trinajstić information content (AvgIpc) is 2.66. The molecule has 1 aliphatic rings. The van der Waals surface area contributed by atoms with Gasteiger partial charge in [0.2, 0.25) is 0 Å². The van der Waals surface area contributed by atoms with E-state index >= 15 is 0 Å². The molecule has 0 amide bonds. The van der Waals surface area contributed by atoms with Gasteiger partial charge < -0.3 is 5.32 Å². The molecule has 0 saturated heterocycles. The molecular weight excluding hydrogens is 238 g/mol. The molecule has 1 fully saturated rings. The molecule has 3 heteroatoms. The van der Waals surface area contributed by atoms with Crippen molar-refractivity contribution in [3.8, 4) is 0 Å². The SMILES string of the molecule is CCC1(CC)C(NC)CC1c1csc(Cl)c1. The molecule has 0 aromatic carbocycles. The highest BCUT2D eigenvalue weighted by atomic mass is 35.5. The minimum atomic E-state index is 0.444. The van der Waals surface area contributed by atoms with Crippen LogP contribution in [-0.4, -0.2) is 13.1 Å². The van der Waals surface area contributed by atoms with Crippen molar-refractivity contribution in [1.29, 1.82) is 0 Å². The molecule has 2 atom stereocenters. The summed E-state index contributed by atoms with van der Waals surface area (Å²) in [5.74, 6) is 0.698. The maximum atomic E-state index is 6.04. The van der Waals surface area contributed by atoms with Gasteiger partial charge in [-0.05, 0) is 54.7 Å². The second-order valence-corrected chi connectivity index (χ2v) is 6.30. The topological polar surface area (TPSA) is 12.0 Å². The minimum Gasteiger partial charge on any atom is -0.316 e. The van der Waals surface area contributed by atoms with Crippen molar-refractivity contribution < 1.29 is 0 Å². The van der Waals surface area contributed by atoms with Crippen molar-refractivity contribution in [3.05, 3.63) is 21.3 Å². The number of nitrogens with one attached hydrogen (secondary N) is 1. The zero-order chi connectivity index (χ0) is 11.8. The van der Waals surface area contributed by atoms with Crippen LogP contribution in [0.2, 0.25) is 4.34 Å². The maximum absolute atomic E-state index is 6.04. The molecule has 0 bridgehead atoms. The van der Waals surface area contributed by atoms with Crippen LogP contribution in [0.15, 0.2) is 11.4 Å². The fraction of sp³-hybridized carbons (Fsp3) is 0.692. The highest BCUT2D eigenvalue weighted by molar-refractivity contribution is 7.14. The lowest BCUT2D eigenvalue weighted by Gasteiger charge is -2.56. The highest BCUT2D eigenvalue weighted by Gasteiger charge is 2.52. The van der Waals surface area contributed by atoms with E-state index in [-0.39, 0.29) is 0 Å². The van der Waals surface area contributed by atoms with Crippen molar-refractivity contribution in [2.24, 2.45) is 5.41 Å². The van der Waals surface area contributed by atoms with Crippen molar-refractivity contribution in [1.82, 2.24) is 5.32 Å². The lowest BCUT2D eigenvalue weighted by atomic mass is 9.52. The zero-order valence-electron chi connectivity index (χ0n) is 10.2. The van der Waals surface area contributed by atoms with Crippen LogP contribution in [0.1, 0.15) is 44.6 Å². The molecule has 1 aromatic heterocycles. The Labute approximate surface area is 107 Å². The van der Waals surface area contributed by atoms with E-state index in [9.17, 15) is 0 Å². The van der Waals surface area contributed by atoms with Gasteiger partial charge in [-0.15, -0.1) is 11.3 Å². The molecule has 1 saturated carbocycles. The highest BCUT2D eigenvalue weighted by Crippen LogP contribution is 2.57. The van der Waals surface area contributed by atoms with Gasteiger partial charge >= 0.3 is 0 Å². The molecule has 2 rings (SSSR count). The van der Waals surface area contributed by atoms with Gasteiger partial charge in [0, 0.05) is 6.04 Å². The Balaban J connectivity index is 2.24. The molecule has 0 spiro atoms. The van der Waals surface area contributed by atoms with Crippen LogP contribution >= 0.6 is 22.9 Å². The first-order valence-corrected chi connectivity index (χ1v) is 7.34. The zero-order valence-corrected chi connectivity index (χ0v) is 11.8. The van der Waals surface area contributed by atoms with Crippen LogP contribution in [0.4, 0.5) is 0 Å². The largest absolute Gasteiger partial charge is 0.316 e. The summed E-state index contributed by atoms with van der Waals surface area (Å²) >= 11 is 7.70. The summed E-state index contributed by atoms with van der Waals surface area (Å²) in [6, 6.07) is 2.83. The first-order chi connectivity index (χ1) is 7.67. The third-order valence-corrected chi connectivity index (χ3v) is 5.62. The Kier molecular flexibility index (Phi) is 3.62. The lowest BCUT2D eigenvalue weighted by Crippen LogP contribution is -2.57. The fourth-order valence-corrected chi connectivity index (χ4v) is 4.35. The molecule has 0 aliphatic heterocycles. The van der Waals surface area contributed by atoms with E-state index in [1.54, 1.807) is 11.3 Å². The molecule has 2 unspecified atom stereocenters. The van der Waals surface area contributed by atoms with Crippen molar-refractivity contribution in [2.75, 3.05) is 7.05 Å². The lowest BCUT2D eigenvalue weighted by molar-refractivity contribution is 0.0248. The molecule has 1 aromatic rings. The quantitative estimate of drug-likeness (QED) is 0.849. The Morgan fingerprint density at radius 1 is 1.50 bits per heavy atom. The normalized spacial score (nSPS) is 27.8. The summed E-state index contributed by atoms with van der Waals surface area (Å²) in [7, 11) is 2.08. The van der Waals surface area contributed by atoms with E-state index in [4.69, 9.17) is 11.6 Å². The number of hydrogen-bond acceptors (Lipinski definition) is 2. The second-order valence-electron chi connectivity index (χ2n) is 4.75. The molecule has 1 N–H and O–H groups in total. The molecule has 1 aliphatic carbocycles. The molecule has 90 valence electrons. The number of hydrogen-bond donors (Lipinski definition) is 1. The van der Waals surface area contributed by atoms with Crippen LogP contribution in [0.3, 0.4) is 0 Å². The first kappa shape index (κ1) is 12.4. The fourth-order valence-electron chi connectivity index (χ4n) is 3.40. The Morgan fingerprint density at radius 2 is 2.19 bits per heavy atom. The summed E-state index contributed by atoms with van der Waals surface area (Å²) in [5.41, 5.74) is 1.89. The van der Waals surface area contributed by atoms with E-state index in [1.807, 2.05) is 0 Å². The molecule has 16 heavy (non-hydrogen) atoms. The molecular formula is C13H20ClNS. The van der Waals surface area contributed by atoms with Gasteiger partial charge in [0.05, 0.1) is 4.34 Å². The van der Waals surface area contributed by atoms with Gasteiger partial charge in [0.25, 0.3) is 0 Å². The van der Waals surface area contributed by atoms with Crippen LogP contribution in [0.5, 0.6) is 0 Å². The van der Waals surface area contributed by atoms with Crippen molar-refractivity contribution in [2.45, 2.75) is 45.1 Å². The number of halogens is 1. The Morgan fingerprint density at radius 3 is 2.62 bits per heavy atom. The van der Waals surface area contributed by atoms with Gasteiger partial charge in [-0.25, -0.2) is 0 Å². The van der Waals surface area contributed by atoms with Crippen molar-refractivity contribution in [3.63, 3.8) is 0 Å². The third-order valence-electron chi connectivity index (χ3n) is 4.51. The van der Waals surface area contributed by atoms with Crippen LogP contribution < -0.4 is 5.32 Å². The standard InChI is InChI=1S/C13H20ClNS/c1-4-13(5-2)10(7-11(13)15-3)9-6-12(14)16-8-9/h6,8,10-11,15H,4-5,7H2,1-3H3. The third kappa shape index (κ3) is 1.71. The van der Waals surface area contributed by atoms with Crippen LogP contribution in [0, 0.1) is 5.41 Å². The smallest absolute Gasteiger partial charge is 0.0931 e. The molecule has 1 nitrogen and oxygen atoms in total. The van der Waals surface area contributed by atoms with E-state index in [2.05, 4.69) is 37.7 Å². The summed E-state index contributed by atoms with van der Waals surface area (Å²) in [4.78, 5) is 0. The summed E-state index contributed by atoms with van der Waals surface area (Å²) in [5, 5.41) is 5.71. The van der Waals surface area contributed by atoms with E-state index in [0.29, 0.717) is 17.4 Å².